The van der Waals surface area contributed by atoms with Crippen LogP contribution >= 0.6 is 0 Å². The molecule has 0 aliphatic heterocycles. The van der Waals surface area contributed by atoms with Crippen molar-refractivity contribution >= 4 is 10.1 Å². The maximum absolute atomic E-state index is 10.6. The third-order valence-corrected chi connectivity index (χ3v) is 1.49. The number of hydrogen-bond donors (Lipinski definition) is 1. The minimum atomic E-state index is -3.38. The average molecular weight is 248 g/mol. The van der Waals surface area contributed by atoms with Gasteiger partial charge in [0.25, 0.3) is 0 Å². The lowest BCUT2D eigenvalue weighted by molar-refractivity contribution is 0.493. The van der Waals surface area contributed by atoms with E-state index in [9.17, 15) is 8.42 Å². The second-order valence-corrected chi connectivity index (χ2v) is 5.02. The predicted molar refractivity (Wildman–Crippen MR) is 66.5 cm³/mol. The zero-order valence-corrected chi connectivity index (χ0v) is 11.0. The SMILES string of the molecule is CN(C)C.CS(=O)(=O)Oc1ccccc1.N. The highest BCUT2D eigenvalue weighted by atomic mass is 32.2. The molecule has 0 amide bonds. The van der Waals surface area contributed by atoms with Gasteiger partial charge >= 0.3 is 10.1 Å². The van der Waals surface area contributed by atoms with Crippen LogP contribution in [0.2, 0.25) is 0 Å². The summed E-state index contributed by atoms with van der Waals surface area (Å²) in [7, 11) is 2.62. The van der Waals surface area contributed by atoms with Crippen molar-refractivity contribution in [1.82, 2.24) is 11.1 Å². The molecule has 1 aromatic rings. The fourth-order valence-electron chi connectivity index (χ4n) is 0.651. The first-order valence-electron chi connectivity index (χ1n) is 4.36. The predicted octanol–water partition coefficient (Wildman–Crippen LogP) is 1.36. The molecular formula is C10H20N2O3S. The van der Waals surface area contributed by atoms with Crippen LogP contribution in [0.1, 0.15) is 0 Å². The van der Waals surface area contributed by atoms with Gasteiger partial charge in [0.05, 0.1) is 6.26 Å². The summed E-state index contributed by atoms with van der Waals surface area (Å²) < 4.78 is 25.7. The molecule has 16 heavy (non-hydrogen) atoms. The maximum Gasteiger partial charge on any atom is 0.306 e. The molecule has 1 rings (SSSR count). The largest absolute Gasteiger partial charge is 0.383 e. The first kappa shape index (κ1) is 17.3. The van der Waals surface area contributed by atoms with Crippen LogP contribution < -0.4 is 10.3 Å². The van der Waals surface area contributed by atoms with Crippen LogP contribution in [0.4, 0.5) is 0 Å². The van der Waals surface area contributed by atoms with Crippen LogP contribution in [0.25, 0.3) is 0 Å². The Bertz CT molecular complexity index is 360. The summed E-state index contributed by atoms with van der Waals surface area (Å²) in [6, 6.07) is 8.37. The van der Waals surface area contributed by atoms with Crippen molar-refractivity contribution < 1.29 is 12.6 Å². The van der Waals surface area contributed by atoms with Crippen molar-refractivity contribution in [3.05, 3.63) is 30.3 Å². The van der Waals surface area contributed by atoms with E-state index in [1.54, 1.807) is 30.3 Å². The molecule has 5 nitrogen and oxygen atoms in total. The fourth-order valence-corrected chi connectivity index (χ4v) is 1.11. The van der Waals surface area contributed by atoms with E-state index in [0.717, 1.165) is 6.26 Å². The van der Waals surface area contributed by atoms with E-state index in [1.165, 1.54) is 0 Å². The van der Waals surface area contributed by atoms with Crippen molar-refractivity contribution in [2.75, 3.05) is 27.4 Å². The second kappa shape index (κ2) is 8.09. The number of para-hydroxylation sites is 1. The summed E-state index contributed by atoms with van der Waals surface area (Å²) in [6.45, 7) is 0. The van der Waals surface area contributed by atoms with Gasteiger partial charge in [-0.2, -0.15) is 8.42 Å². The van der Waals surface area contributed by atoms with Gasteiger partial charge < -0.3 is 15.2 Å². The van der Waals surface area contributed by atoms with Crippen molar-refractivity contribution in [2.24, 2.45) is 0 Å². The molecule has 0 fully saturated rings. The quantitative estimate of drug-likeness (QED) is 0.799. The Kier molecular flexibility index (Phi) is 8.74. The van der Waals surface area contributed by atoms with Crippen LogP contribution in [0.15, 0.2) is 30.3 Å². The van der Waals surface area contributed by atoms with Crippen molar-refractivity contribution in [1.29, 1.82) is 0 Å². The van der Waals surface area contributed by atoms with Crippen LogP contribution in [0.5, 0.6) is 5.75 Å². The molecule has 94 valence electrons. The lowest BCUT2D eigenvalue weighted by atomic mass is 10.3. The van der Waals surface area contributed by atoms with E-state index in [2.05, 4.69) is 4.18 Å². The Hall–Kier alpha value is -1.11. The summed E-state index contributed by atoms with van der Waals surface area (Å²) in [6.07, 6.45) is 1.01. The van der Waals surface area contributed by atoms with Gasteiger partial charge in [-0.1, -0.05) is 18.2 Å². The second-order valence-electron chi connectivity index (χ2n) is 3.44. The van der Waals surface area contributed by atoms with Crippen molar-refractivity contribution in [2.45, 2.75) is 0 Å². The molecule has 0 atom stereocenters. The molecule has 0 aromatic heterocycles. The van der Waals surface area contributed by atoms with E-state index in [0.29, 0.717) is 5.75 Å². The van der Waals surface area contributed by atoms with E-state index >= 15 is 0 Å². The van der Waals surface area contributed by atoms with Gasteiger partial charge in [-0.05, 0) is 33.3 Å². The molecule has 0 saturated heterocycles. The lowest BCUT2D eigenvalue weighted by Crippen LogP contribution is -2.05. The van der Waals surface area contributed by atoms with Crippen LogP contribution in [-0.2, 0) is 10.1 Å². The molecule has 6 heteroatoms. The first-order chi connectivity index (χ1) is 6.81. The van der Waals surface area contributed by atoms with Gasteiger partial charge in [-0.3, -0.25) is 0 Å². The van der Waals surface area contributed by atoms with Crippen molar-refractivity contribution in [3.63, 3.8) is 0 Å². The Morgan fingerprint density at radius 2 is 1.44 bits per heavy atom. The molecule has 0 bridgehead atoms. The summed E-state index contributed by atoms with van der Waals surface area (Å²) in [5.41, 5.74) is 0. The van der Waals surface area contributed by atoms with Crippen LogP contribution in [-0.4, -0.2) is 40.7 Å². The Labute approximate surface area is 97.7 Å². The number of rotatable bonds is 2. The fraction of sp³-hybridized carbons (Fsp3) is 0.400. The molecule has 0 radical (unpaired) electrons. The van der Waals surface area contributed by atoms with Crippen LogP contribution in [0, 0.1) is 0 Å². The standard InChI is InChI=1S/C7H8O3S.C3H9N.H3N/c1-11(8,9)10-7-5-3-2-4-6-7;1-4(2)3;/h2-6H,1H3;1-3H3;1H3. The zero-order valence-electron chi connectivity index (χ0n) is 10.2. The number of benzene rings is 1. The van der Waals surface area contributed by atoms with Gasteiger partial charge in [0, 0.05) is 0 Å². The molecule has 1 aromatic carbocycles. The monoisotopic (exact) mass is 248 g/mol. The number of nitrogens with zero attached hydrogens (tertiary/aromatic N) is 1. The van der Waals surface area contributed by atoms with Gasteiger partial charge in [0.1, 0.15) is 5.75 Å². The maximum atomic E-state index is 10.6. The first-order valence-corrected chi connectivity index (χ1v) is 6.18. The number of hydrogen-bond acceptors (Lipinski definition) is 5. The van der Waals surface area contributed by atoms with Gasteiger partial charge in [-0.15, -0.1) is 0 Å². The lowest BCUT2D eigenvalue weighted by Gasteiger charge is -1.99. The molecule has 3 N–H and O–H groups in total. The molecule has 0 unspecified atom stereocenters. The third-order valence-electron chi connectivity index (χ3n) is 0.991. The highest BCUT2D eigenvalue weighted by molar-refractivity contribution is 7.86. The summed E-state index contributed by atoms with van der Waals surface area (Å²) in [5.74, 6) is 0.343. The van der Waals surface area contributed by atoms with E-state index in [-0.39, 0.29) is 6.15 Å². The average Bonchev–Trinajstić information content (AvgIpc) is 2.01. The molecular weight excluding hydrogens is 228 g/mol. The van der Waals surface area contributed by atoms with Gasteiger partial charge in [-0.25, -0.2) is 0 Å². The van der Waals surface area contributed by atoms with E-state index in [4.69, 9.17) is 0 Å². The molecule has 0 spiro atoms. The van der Waals surface area contributed by atoms with Gasteiger partial charge in [0.2, 0.25) is 0 Å². The molecule has 0 heterocycles. The minimum absolute atomic E-state index is 0. The Morgan fingerprint density at radius 3 is 1.75 bits per heavy atom. The highest BCUT2D eigenvalue weighted by Crippen LogP contribution is 2.09. The van der Waals surface area contributed by atoms with Crippen LogP contribution in [0.3, 0.4) is 0 Å². The van der Waals surface area contributed by atoms with Crippen molar-refractivity contribution in [3.8, 4) is 5.75 Å². The normalized spacial score (nSPS) is 9.81. The topological polar surface area (TPSA) is 81.6 Å². The highest BCUT2D eigenvalue weighted by Gasteiger charge is 2.01. The molecule has 0 aliphatic carbocycles. The summed E-state index contributed by atoms with van der Waals surface area (Å²) >= 11 is 0. The summed E-state index contributed by atoms with van der Waals surface area (Å²) in [4.78, 5) is 2.00. The third kappa shape index (κ3) is 12.9. The Morgan fingerprint density at radius 1 is 1.06 bits per heavy atom. The molecule has 0 aliphatic rings. The zero-order chi connectivity index (χ0) is 11.9. The smallest absolute Gasteiger partial charge is 0.306 e. The van der Waals surface area contributed by atoms with Gasteiger partial charge in [0.15, 0.2) is 0 Å². The van der Waals surface area contributed by atoms with E-state index in [1.807, 2.05) is 26.0 Å². The molecule has 0 saturated carbocycles. The Balaban J connectivity index is 0. The van der Waals surface area contributed by atoms with E-state index < -0.39 is 10.1 Å². The minimum Gasteiger partial charge on any atom is -0.383 e. The summed E-state index contributed by atoms with van der Waals surface area (Å²) in [5, 5.41) is 0.